The molecule has 0 aliphatic carbocycles. The molecule has 0 amide bonds. The summed E-state index contributed by atoms with van der Waals surface area (Å²) in [6.07, 6.45) is 0. The minimum atomic E-state index is 0.450. The van der Waals surface area contributed by atoms with E-state index in [1.165, 1.54) is 0 Å². The fourth-order valence-electron chi connectivity index (χ4n) is 1.60. The van der Waals surface area contributed by atoms with E-state index in [0.717, 1.165) is 22.6 Å². The van der Waals surface area contributed by atoms with Crippen molar-refractivity contribution in [3.63, 3.8) is 0 Å². The van der Waals surface area contributed by atoms with Gasteiger partial charge >= 0.3 is 0 Å². The van der Waals surface area contributed by atoms with Gasteiger partial charge in [-0.3, -0.25) is 5.43 Å². The number of para-hydroxylation sites is 1. The maximum atomic E-state index is 5.65. The molecule has 102 valence electrons. The number of nitrogens with two attached hydrogens (primary N) is 1. The zero-order valence-corrected chi connectivity index (χ0v) is 11.9. The first-order valence-corrected chi connectivity index (χ1v) is 6.58. The maximum absolute atomic E-state index is 5.65. The van der Waals surface area contributed by atoms with Crippen molar-refractivity contribution in [2.24, 2.45) is 5.10 Å². The molecule has 0 fully saturated rings. The van der Waals surface area contributed by atoms with Crippen molar-refractivity contribution in [1.82, 2.24) is 5.43 Å². The number of hydrogen-bond acceptors (Lipinski definition) is 3. The Labute approximate surface area is 123 Å². The van der Waals surface area contributed by atoms with E-state index in [-0.39, 0.29) is 0 Å². The summed E-state index contributed by atoms with van der Waals surface area (Å²) in [5.74, 6) is 0. The largest absolute Gasteiger partial charge is 0.399 e. The van der Waals surface area contributed by atoms with Crippen molar-refractivity contribution in [1.29, 1.82) is 0 Å². The van der Waals surface area contributed by atoms with Crippen molar-refractivity contribution in [2.45, 2.75) is 6.92 Å². The topological polar surface area (TPSA) is 62.4 Å². The summed E-state index contributed by atoms with van der Waals surface area (Å²) in [7, 11) is 0. The van der Waals surface area contributed by atoms with Gasteiger partial charge in [-0.2, -0.15) is 5.10 Å². The van der Waals surface area contributed by atoms with E-state index < -0.39 is 0 Å². The Balaban J connectivity index is 1.95. The number of anilines is 2. The Morgan fingerprint density at radius 2 is 1.70 bits per heavy atom. The second-order valence-electron chi connectivity index (χ2n) is 4.25. The highest BCUT2D eigenvalue weighted by Gasteiger charge is 1.98. The molecule has 0 aliphatic rings. The molecule has 0 heterocycles. The van der Waals surface area contributed by atoms with Crippen LogP contribution >= 0.6 is 12.2 Å². The van der Waals surface area contributed by atoms with E-state index in [9.17, 15) is 0 Å². The predicted octanol–water partition coefficient (Wildman–Crippen LogP) is 2.98. The lowest BCUT2D eigenvalue weighted by Crippen LogP contribution is -2.24. The molecule has 0 saturated heterocycles. The van der Waals surface area contributed by atoms with Crippen molar-refractivity contribution >= 4 is 34.4 Å². The highest BCUT2D eigenvalue weighted by Crippen LogP contribution is 2.07. The predicted molar refractivity (Wildman–Crippen MR) is 88.9 cm³/mol. The monoisotopic (exact) mass is 284 g/mol. The maximum Gasteiger partial charge on any atom is 0.191 e. The molecule has 0 atom stereocenters. The quantitative estimate of drug-likeness (QED) is 0.351. The average Bonchev–Trinajstić information content (AvgIpc) is 2.46. The number of nitrogens with one attached hydrogen (secondary N) is 2. The number of hydrogen-bond donors (Lipinski definition) is 3. The average molecular weight is 284 g/mol. The van der Waals surface area contributed by atoms with Gasteiger partial charge in [-0.25, -0.2) is 0 Å². The molecule has 0 spiro atoms. The summed E-state index contributed by atoms with van der Waals surface area (Å²) < 4.78 is 0. The second kappa shape index (κ2) is 6.68. The Hall–Kier alpha value is -2.40. The zero-order valence-electron chi connectivity index (χ0n) is 11.1. The third kappa shape index (κ3) is 4.07. The van der Waals surface area contributed by atoms with Crippen LogP contribution in [-0.2, 0) is 0 Å². The van der Waals surface area contributed by atoms with Crippen molar-refractivity contribution in [2.75, 3.05) is 11.1 Å². The fourth-order valence-corrected chi connectivity index (χ4v) is 1.77. The first-order chi connectivity index (χ1) is 9.65. The first-order valence-electron chi connectivity index (χ1n) is 6.17. The van der Waals surface area contributed by atoms with Crippen molar-refractivity contribution < 1.29 is 0 Å². The number of hydrazone groups is 1. The molecule has 4 N–H and O–H groups in total. The molecule has 0 radical (unpaired) electrons. The summed E-state index contributed by atoms with van der Waals surface area (Å²) in [6.45, 7) is 1.91. The van der Waals surface area contributed by atoms with Crippen LogP contribution in [0.5, 0.6) is 0 Å². The van der Waals surface area contributed by atoms with Crippen LogP contribution < -0.4 is 16.5 Å². The van der Waals surface area contributed by atoms with Gasteiger partial charge in [0, 0.05) is 11.4 Å². The third-order valence-electron chi connectivity index (χ3n) is 2.69. The molecule has 0 aromatic heterocycles. The van der Waals surface area contributed by atoms with Crippen LogP contribution in [0.3, 0.4) is 0 Å². The summed E-state index contributed by atoms with van der Waals surface area (Å²) in [4.78, 5) is 0. The van der Waals surface area contributed by atoms with Crippen LogP contribution in [0.1, 0.15) is 12.5 Å². The van der Waals surface area contributed by atoms with Gasteiger partial charge in [0.1, 0.15) is 0 Å². The Bertz CT molecular complexity index is 606. The van der Waals surface area contributed by atoms with Crippen molar-refractivity contribution in [3.05, 3.63) is 60.2 Å². The summed E-state index contributed by atoms with van der Waals surface area (Å²) >= 11 is 5.18. The summed E-state index contributed by atoms with van der Waals surface area (Å²) in [6, 6.07) is 17.2. The van der Waals surface area contributed by atoms with E-state index in [2.05, 4.69) is 15.8 Å². The van der Waals surface area contributed by atoms with E-state index in [1.807, 2.05) is 61.5 Å². The number of rotatable bonds is 3. The molecule has 0 saturated carbocycles. The van der Waals surface area contributed by atoms with E-state index >= 15 is 0 Å². The van der Waals surface area contributed by atoms with Gasteiger partial charge in [0.05, 0.1) is 5.71 Å². The molecule has 0 aliphatic heterocycles. The van der Waals surface area contributed by atoms with Gasteiger partial charge in [-0.05, 0) is 49.0 Å². The molecule has 2 aromatic rings. The smallest absolute Gasteiger partial charge is 0.191 e. The lowest BCUT2D eigenvalue weighted by atomic mass is 10.1. The van der Waals surface area contributed by atoms with E-state index in [4.69, 9.17) is 18.0 Å². The van der Waals surface area contributed by atoms with Gasteiger partial charge in [0.15, 0.2) is 5.11 Å². The highest BCUT2D eigenvalue weighted by molar-refractivity contribution is 7.80. The summed E-state index contributed by atoms with van der Waals surface area (Å²) in [5, 5.41) is 7.74. The first kappa shape index (κ1) is 14.0. The minimum absolute atomic E-state index is 0.450. The SMILES string of the molecule is C/C(=N\NC(=S)Nc1ccccc1)c1ccc(N)cc1. The van der Waals surface area contributed by atoms with Gasteiger partial charge in [0.2, 0.25) is 0 Å². The zero-order chi connectivity index (χ0) is 14.4. The standard InChI is InChI=1S/C15H16N4S/c1-11(12-7-9-13(16)10-8-12)18-19-15(20)17-14-5-3-2-4-6-14/h2-10H,16H2,1H3,(H2,17,19,20)/b18-11+. The van der Waals surface area contributed by atoms with Gasteiger partial charge in [0.25, 0.3) is 0 Å². The molecule has 2 rings (SSSR count). The molecular weight excluding hydrogens is 268 g/mol. The molecule has 0 bridgehead atoms. The summed E-state index contributed by atoms with van der Waals surface area (Å²) in [5.41, 5.74) is 12.0. The van der Waals surface area contributed by atoms with Crippen LogP contribution in [0, 0.1) is 0 Å². The third-order valence-corrected chi connectivity index (χ3v) is 2.88. The Morgan fingerprint density at radius 3 is 2.35 bits per heavy atom. The number of benzene rings is 2. The Morgan fingerprint density at radius 1 is 1.05 bits per heavy atom. The van der Waals surface area contributed by atoms with Crippen LogP contribution in [0.25, 0.3) is 0 Å². The molecular formula is C15H16N4S. The van der Waals surface area contributed by atoms with E-state index in [0.29, 0.717) is 5.11 Å². The number of nitrogen functional groups attached to an aromatic ring is 1. The Kier molecular flexibility index (Phi) is 4.68. The molecule has 5 heteroatoms. The lowest BCUT2D eigenvalue weighted by molar-refractivity contribution is 1.04. The van der Waals surface area contributed by atoms with Gasteiger partial charge in [-0.1, -0.05) is 30.3 Å². The van der Waals surface area contributed by atoms with Gasteiger partial charge in [-0.15, -0.1) is 0 Å². The number of thiocarbonyl (C=S) groups is 1. The second-order valence-corrected chi connectivity index (χ2v) is 4.66. The molecule has 0 unspecified atom stereocenters. The van der Waals surface area contributed by atoms with Crippen LogP contribution in [-0.4, -0.2) is 10.8 Å². The van der Waals surface area contributed by atoms with Crippen LogP contribution in [0.4, 0.5) is 11.4 Å². The van der Waals surface area contributed by atoms with Crippen LogP contribution in [0.2, 0.25) is 0 Å². The fraction of sp³-hybridized carbons (Fsp3) is 0.0667. The molecule has 2 aromatic carbocycles. The normalized spacial score (nSPS) is 10.9. The lowest BCUT2D eigenvalue weighted by Gasteiger charge is -2.08. The molecule has 20 heavy (non-hydrogen) atoms. The molecule has 4 nitrogen and oxygen atoms in total. The van der Waals surface area contributed by atoms with E-state index in [1.54, 1.807) is 0 Å². The number of nitrogens with zero attached hydrogens (tertiary/aromatic N) is 1. The van der Waals surface area contributed by atoms with Crippen molar-refractivity contribution in [3.8, 4) is 0 Å². The van der Waals surface area contributed by atoms with Gasteiger partial charge < -0.3 is 11.1 Å². The minimum Gasteiger partial charge on any atom is -0.399 e. The van der Waals surface area contributed by atoms with Crippen LogP contribution in [0.15, 0.2) is 59.7 Å². The highest BCUT2D eigenvalue weighted by atomic mass is 32.1.